The van der Waals surface area contributed by atoms with Crippen LogP contribution >= 0.6 is 0 Å². The lowest BCUT2D eigenvalue weighted by Gasteiger charge is -2.32. The molecule has 1 aromatic rings. The molecular weight excluding hydrogens is 300 g/mol. The van der Waals surface area contributed by atoms with Crippen LogP contribution in [0.4, 0.5) is 11.5 Å². The number of carbonyl (C=O) groups excluding carboxylic acids is 1. The first-order valence-electron chi connectivity index (χ1n) is 7.64. The zero-order valence-electron chi connectivity index (χ0n) is 13.6. The Kier molecular flexibility index (Phi) is 5.49. The van der Waals surface area contributed by atoms with Crippen molar-refractivity contribution in [3.05, 3.63) is 27.9 Å². The molecule has 8 heteroatoms. The van der Waals surface area contributed by atoms with Crippen molar-refractivity contribution >= 4 is 17.4 Å². The molecule has 0 saturated carbocycles. The normalized spacial score (nSPS) is 16.3. The van der Waals surface area contributed by atoms with Gasteiger partial charge in [0.25, 0.3) is 5.69 Å². The molecule has 1 N–H and O–H groups in total. The van der Waals surface area contributed by atoms with Crippen LogP contribution in [0, 0.1) is 23.0 Å². The highest BCUT2D eigenvalue weighted by atomic mass is 16.6. The van der Waals surface area contributed by atoms with E-state index in [0.29, 0.717) is 37.7 Å². The minimum atomic E-state index is -0.467. The fourth-order valence-electron chi connectivity index (χ4n) is 2.47. The number of nitrogens with zero attached hydrogens (tertiary/aromatic N) is 3. The largest absolute Gasteiger partial charge is 0.378 e. The van der Waals surface area contributed by atoms with Gasteiger partial charge in [0.1, 0.15) is 18.1 Å². The molecule has 8 nitrogen and oxygen atoms in total. The van der Waals surface area contributed by atoms with Crippen LogP contribution in [0.3, 0.4) is 0 Å². The van der Waals surface area contributed by atoms with E-state index in [1.807, 2.05) is 13.8 Å². The van der Waals surface area contributed by atoms with E-state index in [9.17, 15) is 14.9 Å². The monoisotopic (exact) mass is 322 g/mol. The van der Waals surface area contributed by atoms with Gasteiger partial charge in [0.2, 0.25) is 5.91 Å². The molecule has 1 unspecified atom stereocenters. The van der Waals surface area contributed by atoms with Crippen LogP contribution in [0.1, 0.15) is 19.4 Å². The fraction of sp³-hybridized carbons (Fsp3) is 0.600. The molecule has 0 aliphatic carbocycles. The van der Waals surface area contributed by atoms with E-state index in [0.717, 1.165) is 0 Å². The summed E-state index contributed by atoms with van der Waals surface area (Å²) in [5.74, 6) is 0.525. The number of nitro groups is 1. The molecule has 1 amide bonds. The van der Waals surface area contributed by atoms with E-state index in [4.69, 9.17) is 4.74 Å². The molecule has 2 rings (SSSR count). The molecule has 0 bridgehead atoms. The molecule has 126 valence electrons. The molecule has 0 radical (unpaired) electrons. The molecule has 1 atom stereocenters. The number of hydrogen-bond acceptors (Lipinski definition) is 6. The van der Waals surface area contributed by atoms with Crippen LogP contribution in [0.5, 0.6) is 0 Å². The van der Waals surface area contributed by atoms with Gasteiger partial charge in [0.15, 0.2) is 0 Å². The summed E-state index contributed by atoms with van der Waals surface area (Å²) in [6.07, 6.45) is 1.22. The molecule has 1 fully saturated rings. The van der Waals surface area contributed by atoms with Gasteiger partial charge in [0, 0.05) is 18.7 Å². The molecule has 0 spiro atoms. The lowest BCUT2D eigenvalue weighted by molar-refractivity contribution is -0.385. The quantitative estimate of drug-likeness (QED) is 0.653. The number of anilines is 1. The maximum absolute atomic E-state index is 12.7. The third-order valence-corrected chi connectivity index (χ3v) is 3.84. The second-order valence-electron chi connectivity index (χ2n) is 5.92. The molecule has 2 heterocycles. The van der Waals surface area contributed by atoms with Gasteiger partial charge < -0.3 is 15.0 Å². The van der Waals surface area contributed by atoms with Crippen molar-refractivity contribution in [2.24, 2.45) is 5.92 Å². The third-order valence-electron chi connectivity index (χ3n) is 3.84. The Morgan fingerprint density at radius 1 is 1.43 bits per heavy atom. The lowest BCUT2D eigenvalue weighted by atomic mass is 10.0. The van der Waals surface area contributed by atoms with Crippen LogP contribution < -0.4 is 5.32 Å². The molecule has 1 aromatic heterocycles. The van der Waals surface area contributed by atoms with Crippen LogP contribution in [0.2, 0.25) is 0 Å². The Balaban J connectivity index is 2.14. The number of pyridine rings is 1. The minimum absolute atomic E-state index is 0.00102. The average Bonchev–Trinajstić information content (AvgIpc) is 2.52. The van der Waals surface area contributed by atoms with E-state index in [2.05, 4.69) is 10.3 Å². The average molecular weight is 322 g/mol. The van der Waals surface area contributed by atoms with Crippen molar-refractivity contribution in [2.45, 2.75) is 26.8 Å². The van der Waals surface area contributed by atoms with Gasteiger partial charge in [-0.3, -0.25) is 14.9 Å². The second kappa shape index (κ2) is 7.36. The van der Waals surface area contributed by atoms with E-state index in [-0.39, 0.29) is 17.5 Å². The van der Waals surface area contributed by atoms with Crippen LogP contribution in [0.15, 0.2) is 12.3 Å². The summed E-state index contributed by atoms with van der Waals surface area (Å²) >= 11 is 0. The van der Waals surface area contributed by atoms with Crippen molar-refractivity contribution < 1.29 is 14.5 Å². The second-order valence-corrected chi connectivity index (χ2v) is 5.92. The zero-order chi connectivity index (χ0) is 17.0. The summed E-state index contributed by atoms with van der Waals surface area (Å²) in [7, 11) is 0. The minimum Gasteiger partial charge on any atom is -0.378 e. The number of aromatic nitrogens is 1. The number of carbonyl (C=O) groups is 1. The van der Waals surface area contributed by atoms with E-state index >= 15 is 0 Å². The Bertz CT molecular complexity index is 585. The summed E-state index contributed by atoms with van der Waals surface area (Å²) in [5, 5.41) is 14.0. The molecule has 1 aliphatic heterocycles. The van der Waals surface area contributed by atoms with Crippen LogP contribution in [-0.2, 0) is 9.53 Å². The number of morpholine rings is 1. The highest BCUT2D eigenvalue weighted by Crippen LogP contribution is 2.21. The number of hydrogen-bond donors (Lipinski definition) is 1. The highest BCUT2D eigenvalue weighted by molar-refractivity contribution is 5.85. The maximum atomic E-state index is 12.7. The summed E-state index contributed by atoms with van der Waals surface area (Å²) in [5.41, 5.74) is 0.477. The van der Waals surface area contributed by atoms with Crippen molar-refractivity contribution in [3.8, 4) is 0 Å². The van der Waals surface area contributed by atoms with Gasteiger partial charge in [-0.15, -0.1) is 0 Å². The smallest absolute Gasteiger partial charge is 0.290 e. The van der Waals surface area contributed by atoms with E-state index in [1.165, 1.54) is 6.20 Å². The van der Waals surface area contributed by atoms with Crippen molar-refractivity contribution in [1.82, 2.24) is 9.88 Å². The summed E-state index contributed by atoms with van der Waals surface area (Å²) < 4.78 is 5.27. The predicted octanol–water partition coefficient (Wildman–Crippen LogP) is 1.59. The van der Waals surface area contributed by atoms with Gasteiger partial charge in [0.05, 0.1) is 18.1 Å². The first-order valence-corrected chi connectivity index (χ1v) is 7.64. The Morgan fingerprint density at radius 2 is 2.09 bits per heavy atom. The van der Waals surface area contributed by atoms with Gasteiger partial charge >= 0.3 is 0 Å². The fourth-order valence-corrected chi connectivity index (χ4v) is 2.47. The van der Waals surface area contributed by atoms with Gasteiger partial charge in [-0.25, -0.2) is 4.98 Å². The molecule has 0 aromatic carbocycles. The maximum Gasteiger partial charge on any atom is 0.290 e. The van der Waals surface area contributed by atoms with Crippen molar-refractivity contribution in [2.75, 3.05) is 31.6 Å². The first kappa shape index (κ1) is 17.1. The highest BCUT2D eigenvalue weighted by Gasteiger charge is 2.28. The van der Waals surface area contributed by atoms with Gasteiger partial charge in [-0.1, -0.05) is 13.8 Å². The predicted molar refractivity (Wildman–Crippen MR) is 85.3 cm³/mol. The number of amides is 1. The third kappa shape index (κ3) is 4.16. The standard InChI is InChI=1S/C15H22N4O4/c1-10(2)14(15(20)18-4-6-23-7-5-18)17-13-8-11(3)12(9-16-13)19(21)22/h8-10,14H,4-7H2,1-3H3,(H,16,17). The van der Waals surface area contributed by atoms with E-state index in [1.54, 1.807) is 17.9 Å². The molecule has 1 aliphatic rings. The van der Waals surface area contributed by atoms with Crippen molar-refractivity contribution in [3.63, 3.8) is 0 Å². The van der Waals surface area contributed by atoms with Crippen LogP contribution in [-0.4, -0.2) is 53.1 Å². The van der Waals surface area contributed by atoms with Gasteiger partial charge in [-0.05, 0) is 18.9 Å². The Morgan fingerprint density at radius 3 is 2.61 bits per heavy atom. The summed E-state index contributed by atoms with van der Waals surface area (Å²) in [4.78, 5) is 28.9. The zero-order valence-corrected chi connectivity index (χ0v) is 13.6. The van der Waals surface area contributed by atoms with E-state index < -0.39 is 11.0 Å². The Hall–Kier alpha value is -2.22. The number of ether oxygens (including phenoxy) is 1. The number of aryl methyl sites for hydroxylation is 1. The number of rotatable bonds is 5. The first-order chi connectivity index (χ1) is 10.9. The molecule has 1 saturated heterocycles. The molecular formula is C15H22N4O4. The summed E-state index contributed by atoms with van der Waals surface area (Å²) in [6.45, 7) is 7.81. The summed E-state index contributed by atoms with van der Waals surface area (Å²) in [6, 6.07) is 1.17. The van der Waals surface area contributed by atoms with Crippen LogP contribution in [0.25, 0.3) is 0 Å². The number of nitrogens with one attached hydrogen (secondary N) is 1. The topological polar surface area (TPSA) is 97.6 Å². The Labute approximate surface area is 135 Å². The lowest BCUT2D eigenvalue weighted by Crippen LogP contribution is -2.49. The van der Waals surface area contributed by atoms with Crippen molar-refractivity contribution in [1.29, 1.82) is 0 Å². The SMILES string of the molecule is Cc1cc(NC(C(=O)N2CCOCC2)C(C)C)ncc1[N+](=O)[O-]. The molecule has 23 heavy (non-hydrogen) atoms. The van der Waals surface area contributed by atoms with Gasteiger partial charge in [-0.2, -0.15) is 0 Å².